The number of anilines is 1. The highest BCUT2D eigenvalue weighted by Gasteiger charge is 2.29. The fourth-order valence-corrected chi connectivity index (χ4v) is 4.51. The monoisotopic (exact) mass is 453 g/mol. The van der Waals surface area contributed by atoms with Crippen LogP contribution in [0.15, 0.2) is 53.3 Å². The Morgan fingerprint density at radius 3 is 2.59 bits per heavy atom. The standard InChI is InChI=1S/C23H23N3O5S/c1-2-31-22(29)19-18(15-6-4-3-5-7-15)24-23(32-19)25-20(27)16-8-11-26(12-9-16)21(28)17-10-13-30-14-17/h3-7,10,13-14,16H,2,8-9,11-12H2,1H3,(H,24,25,27). The molecule has 1 saturated heterocycles. The van der Waals surface area contributed by atoms with Crippen molar-refractivity contribution in [3.63, 3.8) is 0 Å². The van der Waals surface area contributed by atoms with Crippen molar-refractivity contribution in [3.8, 4) is 11.3 Å². The third kappa shape index (κ3) is 4.72. The number of carbonyl (C=O) groups excluding carboxylic acids is 3. The molecule has 3 heterocycles. The molecule has 9 heteroatoms. The first-order chi connectivity index (χ1) is 15.6. The number of furan rings is 1. The van der Waals surface area contributed by atoms with Crippen LogP contribution in [-0.2, 0) is 9.53 Å². The molecule has 1 fully saturated rings. The number of carbonyl (C=O) groups is 3. The van der Waals surface area contributed by atoms with E-state index in [-0.39, 0.29) is 24.3 Å². The van der Waals surface area contributed by atoms with E-state index in [0.29, 0.717) is 47.2 Å². The number of rotatable bonds is 6. The second-order valence-electron chi connectivity index (χ2n) is 7.35. The van der Waals surface area contributed by atoms with Gasteiger partial charge in [0.05, 0.1) is 24.1 Å². The number of amides is 2. The van der Waals surface area contributed by atoms with Gasteiger partial charge in [0.1, 0.15) is 11.1 Å². The third-order valence-electron chi connectivity index (χ3n) is 5.29. The largest absolute Gasteiger partial charge is 0.472 e. The molecule has 1 aromatic carbocycles. The molecule has 1 N–H and O–H groups in total. The van der Waals surface area contributed by atoms with Gasteiger partial charge in [-0.2, -0.15) is 0 Å². The maximum atomic E-state index is 12.8. The number of hydrogen-bond acceptors (Lipinski definition) is 7. The minimum atomic E-state index is -0.463. The summed E-state index contributed by atoms with van der Waals surface area (Å²) in [6, 6.07) is 11.0. The zero-order valence-corrected chi connectivity index (χ0v) is 18.4. The fraction of sp³-hybridized carbons (Fsp3) is 0.304. The van der Waals surface area contributed by atoms with E-state index in [0.717, 1.165) is 16.9 Å². The normalized spacial score (nSPS) is 14.2. The first-order valence-corrected chi connectivity index (χ1v) is 11.2. The Labute approximate surface area is 189 Å². The molecule has 0 spiro atoms. The number of hydrogen-bond donors (Lipinski definition) is 1. The lowest BCUT2D eigenvalue weighted by Gasteiger charge is -2.30. The molecule has 2 aromatic heterocycles. The zero-order chi connectivity index (χ0) is 22.5. The lowest BCUT2D eigenvalue weighted by molar-refractivity contribution is -0.121. The summed E-state index contributed by atoms with van der Waals surface area (Å²) in [5.74, 6) is -0.956. The number of thiazole rings is 1. The number of esters is 1. The van der Waals surface area contributed by atoms with Crippen LogP contribution < -0.4 is 5.32 Å². The first kappa shape index (κ1) is 21.8. The van der Waals surface area contributed by atoms with Crippen LogP contribution in [0.5, 0.6) is 0 Å². The Morgan fingerprint density at radius 2 is 1.94 bits per heavy atom. The summed E-state index contributed by atoms with van der Waals surface area (Å²) in [7, 11) is 0. The Balaban J connectivity index is 1.43. The van der Waals surface area contributed by atoms with Crippen LogP contribution in [0.3, 0.4) is 0 Å². The quantitative estimate of drug-likeness (QED) is 0.565. The van der Waals surface area contributed by atoms with Crippen molar-refractivity contribution in [2.24, 2.45) is 5.92 Å². The van der Waals surface area contributed by atoms with Gasteiger partial charge in [0, 0.05) is 24.6 Å². The SMILES string of the molecule is CCOC(=O)c1sc(NC(=O)C2CCN(C(=O)c3ccoc3)CC2)nc1-c1ccccc1. The van der Waals surface area contributed by atoms with E-state index in [9.17, 15) is 14.4 Å². The highest BCUT2D eigenvalue weighted by Crippen LogP contribution is 2.32. The summed E-state index contributed by atoms with van der Waals surface area (Å²) in [6.45, 7) is 2.98. The Kier molecular flexibility index (Phi) is 6.65. The van der Waals surface area contributed by atoms with E-state index < -0.39 is 5.97 Å². The molecule has 3 aromatic rings. The van der Waals surface area contributed by atoms with Crippen LogP contribution in [0.2, 0.25) is 0 Å². The molecule has 0 unspecified atom stereocenters. The van der Waals surface area contributed by atoms with Crippen molar-refractivity contribution in [1.29, 1.82) is 0 Å². The van der Waals surface area contributed by atoms with Crippen molar-refractivity contribution in [2.75, 3.05) is 25.0 Å². The van der Waals surface area contributed by atoms with Gasteiger partial charge in [-0.05, 0) is 25.8 Å². The van der Waals surface area contributed by atoms with Crippen molar-refractivity contribution in [1.82, 2.24) is 9.88 Å². The van der Waals surface area contributed by atoms with Gasteiger partial charge in [-0.25, -0.2) is 9.78 Å². The number of nitrogens with one attached hydrogen (secondary N) is 1. The zero-order valence-electron chi connectivity index (χ0n) is 17.6. The van der Waals surface area contributed by atoms with Crippen LogP contribution >= 0.6 is 11.3 Å². The molecule has 0 saturated carbocycles. The topological polar surface area (TPSA) is 102 Å². The summed E-state index contributed by atoms with van der Waals surface area (Å²) in [6.07, 6.45) is 4.00. The molecule has 0 aliphatic carbocycles. The van der Waals surface area contributed by atoms with Gasteiger partial charge in [-0.1, -0.05) is 41.7 Å². The van der Waals surface area contributed by atoms with Gasteiger partial charge < -0.3 is 19.4 Å². The van der Waals surface area contributed by atoms with E-state index in [1.54, 1.807) is 17.9 Å². The van der Waals surface area contributed by atoms with Crippen molar-refractivity contribution in [3.05, 3.63) is 59.4 Å². The smallest absolute Gasteiger partial charge is 0.350 e. The highest BCUT2D eigenvalue weighted by atomic mass is 32.1. The van der Waals surface area contributed by atoms with Crippen LogP contribution in [0.25, 0.3) is 11.3 Å². The summed E-state index contributed by atoms with van der Waals surface area (Å²) in [5, 5.41) is 3.21. The van der Waals surface area contributed by atoms with Crippen LogP contribution in [0, 0.1) is 5.92 Å². The molecule has 0 bridgehead atoms. The maximum absolute atomic E-state index is 12.8. The van der Waals surface area contributed by atoms with Crippen molar-refractivity contribution in [2.45, 2.75) is 19.8 Å². The van der Waals surface area contributed by atoms with Crippen LogP contribution in [-0.4, -0.2) is 47.4 Å². The molecular weight excluding hydrogens is 430 g/mol. The summed E-state index contributed by atoms with van der Waals surface area (Å²) < 4.78 is 10.1. The molecular formula is C23H23N3O5S. The highest BCUT2D eigenvalue weighted by molar-refractivity contribution is 7.18. The first-order valence-electron chi connectivity index (χ1n) is 10.4. The number of benzene rings is 1. The molecule has 1 aliphatic rings. The minimum absolute atomic E-state index is 0.0934. The summed E-state index contributed by atoms with van der Waals surface area (Å²) in [5.41, 5.74) is 1.78. The van der Waals surface area contributed by atoms with E-state index >= 15 is 0 Å². The molecule has 4 rings (SSSR count). The summed E-state index contributed by atoms with van der Waals surface area (Å²) >= 11 is 1.11. The average molecular weight is 454 g/mol. The van der Waals surface area contributed by atoms with E-state index in [2.05, 4.69) is 10.3 Å². The maximum Gasteiger partial charge on any atom is 0.350 e. The van der Waals surface area contributed by atoms with E-state index in [1.165, 1.54) is 12.5 Å². The molecule has 1 aliphatic heterocycles. The Hall–Kier alpha value is -3.46. The number of piperidine rings is 1. The summed E-state index contributed by atoms with van der Waals surface area (Å²) in [4.78, 5) is 44.3. The number of likely N-dealkylation sites (tertiary alicyclic amines) is 1. The van der Waals surface area contributed by atoms with Crippen LogP contribution in [0.4, 0.5) is 5.13 Å². The predicted octanol–water partition coefficient (Wildman–Crippen LogP) is 4.07. The predicted molar refractivity (Wildman–Crippen MR) is 119 cm³/mol. The molecule has 2 amide bonds. The molecule has 0 atom stereocenters. The van der Waals surface area contributed by atoms with Crippen molar-refractivity contribution >= 4 is 34.3 Å². The molecule has 32 heavy (non-hydrogen) atoms. The van der Waals surface area contributed by atoms with Gasteiger partial charge in [0.2, 0.25) is 5.91 Å². The van der Waals surface area contributed by atoms with Gasteiger partial charge in [-0.15, -0.1) is 0 Å². The second kappa shape index (κ2) is 9.78. The number of aromatic nitrogens is 1. The number of ether oxygens (including phenoxy) is 1. The van der Waals surface area contributed by atoms with E-state index in [4.69, 9.17) is 9.15 Å². The van der Waals surface area contributed by atoms with Crippen molar-refractivity contribution < 1.29 is 23.5 Å². The van der Waals surface area contributed by atoms with Gasteiger partial charge in [-0.3, -0.25) is 9.59 Å². The minimum Gasteiger partial charge on any atom is -0.472 e. The second-order valence-corrected chi connectivity index (χ2v) is 8.35. The molecule has 0 radical (unpaired) electrons. The van der Waals surface area contributed by atoms with Gasteiger partial charge in [0.15, 0.2) is 5.13 Å². The van der Waals surface area contributed by atoms with Gasteiger partial charge in [0.25, 0.3) is 5.91 Å². The van der Waals surface area contributed by atoms with E-state index in [1.807, 2.05) is 30.3 Å². The Morgan fingerprint density at radius 1 is 1.19 bits per heavy atom. The lowest BCUT2D eigenvalue weighted by Crippen LogP contribution is -2.41. The molecule has 8 nitrogen and oxygen atoms in total. The van der Waals surface area contributed by atoms with Gasteiger partial charge >= 0.3 is 5.97 Å². The third-order valence-corrected chi connectivity index (χ3v) is 6.24. The fourth-order valence-electron chi connectivity index (χ4n) is 3.62. The lowest BCUT2D eigenvalue weighted by atomic mass is 9.95. The van der Waals surface area contributed by atoms with Crippen LogP contribution in [0.1, 0.15) is 39.8 Å². The Bertz CT molecular complexity index is 1090. The number of nitrogens with zero attached hydrogens (tertiary/aromatic N) is 2. The molecule has 166 valence electrons. The average Bonchev–Trinajstić information content (AvgIpc) is 3.50.